The minimum atomic E-state index is -0.105. The third kappa shape index (κ3) is 3.54. The van der Waals surface area contributed by atoms with Gasteiger partial charge in [0.1, 0.15) is 4.88 Å². The molecule has 0 unspecified atom stereocenters. The number of nitrogens with one attached hydrogen (secondary N) is 3. The van der Waals surface area contributed by atoms with Crippen molar-refractivity contribution in [3.63, 3.8) is 0 Å². The van der Waals surface area contributed by atoms with Crippen molar-refractivity contribution in [2.75, 3.05) is 6.54 Å². The number of aromatic amines is 1. The topological polar surface area (TPSA) is 99.8 Å². The predicted molar refractivity (Wildman–Crippen MR) is 100 cm³/mol. The maximum Gasteiger partial charge on any atom is 0.262 e. The molecule has 26 heavy (non-hydrogen) atoms. The first-order valence-corrected chi connectivity index (χ1v) is 9.89. The highest BCUT2D eigenvalue weighted by Crippen LogP contribution is 2.29. The highest BCUT2D eigenvalue weighted by Gasteiger charge is 2.32. The molecule has 1 aliphatic carbocycles. The van der Waals surface area contributed by atoms with Crippen LogP contribution in [0.5, 0.6) is 0 Å². The van der Waals surface area contributed by atoms with E-state index in [4.69, 9.17) is 0 Å². The largest absolute Gasteiger partial charge is 0.351 e. The van der Waals surface area contributed by atoms with E-state index in [1.54, 1.807) is 18.5 Å². The Hall–Kier alpha value is -2.52. The first-order chi connectivity index (χ1) is 12.7. The second kappa shape index (κ2) is 7.38. The minimum Gasteiger partial charge on any atom is -0.351 e. The van der Waals surface area contributed by atoms with Gasteiger partial charge in [-0.2, -0.15) is 5.10 Å². The summed E-state index contributed by atoms with van der Waals surface area (Å²) in [6.07, 6.45) is 5.24. The smallest absolute Gasteiger partial charge is 0.262 e. The molecule has 3 aromatic rings. The molecule has 3 aromatic heterocycles. The molecule has 0 aromatic carbocycles. The van der Waals surface area contributed by atoms with Gasteiger partial charge in [-0.05, 0) is 54.6 Å². The quantitative estimate of drug-likeness (QED) is 0.605. The summed E-state index contributed by atoms with van der Waals surface area (Å²) in [5, 5.41) is 12.8. The monoisotopic (exact) mass is 387 g/mol. The molecular formula is C17H17N5O2S2. The van der Waals surface area contributed by atoms with Crippen LogP contribution in [0.2, 0.25) is 0 Å². The molecular weight excluding hydrogens is 370 g/mol. The Morgan fingerprint density at radius 1 is 1.12 bits per heavy atom. The molecule has 7 nitrogen and oxygen atoms in total. The van der Waals surface area contributed by atoms with Gasteiger partial charge in [0.05, 0.1) is 15.4 Å². The van der Waals surface area contributed by atoms with E-state index in [1.165, 1.54) is 22.9 Å². The third-order valence-corrected chi connectivity index (χ3v) is 6.38. The van der Waals surface area contributed by atoms with Crippen LogP contribution in [-0.2, 0) is 0 Å². The van der Waals surface area contributed by atoms with E-state index in [-0.39, 0.29) is 23.8 Å². The average molecular weight is 387 g/mol. The zero-order valence-corrected chi connectivity index (χ0v) is 15.4. The molecule has 134 valence electrons. The predicted octanol–water partition coefficient (Wildman–Crippen LogP) is 2.53. The van der Waals surface area contributed by atoms with Crippen molar-refractivity contribution in [1.82, 2.24) is 25.2 Å². The first-order valence-electron chi connectivity index (χ1n) is 8.30. The summed E-state index contributed by atoms with van der Waals surface area (Å²) in [7, 11) is 0. The van der Waals surface area contributed by atoms with Gasteiger partial charge in [0.2, 0.25) is 0 Å². The van der Waals surface area contributed by atoms with E-state index in [0.29, 0.717) is 16.3 Å². The number of hydrogen-bond acceptors (Lipinski definition) is 6. The summed E-state index contributed by atoms with van der Waals surface area (Å²) in [4.78, 5) is 26.7. The average Bonchev–Trinajstić information content (AvgIpc) is 3.39. The Labute approximate surface area is 158 Å². The van der Waals surface area contributed by atoms with Crippen LogP contribution in [0.4, 0.5) is 0 Å². The molecule has 1 saturated carbocycles. The lowest BCUT2D eigenvalue weighted by Crippen LogP contribution is -2.50. The molecule has 3 heterocycles. The molecule has 1 aliphatic rings. The van der Waals surface area contributed by atoms with Gasteiger partial charge in [0, 0.05) is 25.0 Å². The first kappa shape index (κ1) is 16.9. The molecule has 0 radical (unpaired) electrons. The van der Waals surface area contributed by atoms with E-state index in [1.807, 2.05) is 18.2 Å². The number of thiophene rings is 1. The lowest BCUT2D eigenvalue weighted by molar-refractivity contribution is 0.0863. The van der Waals surface area contributed by atoms with Crippen molar-refractivity contribution in [1.29, 1.82) is 0 Å². The Morgan fingerprint density at radius 3 is 2.73 bits per heavy atom. The van der Waals surface area contributed by atoms with Crippen LogP contribution in [0.1, 0.15) is 32.2 Å². The fraction of sp³-hybridized carbons (Fsp3) is 0.294. The van der Waals surface area contributed by atoms with Crippen LogP contribution in [0.15, 0.2) is 36.7 Å². The highest BCUT2D eigenvalue weighted by molar-refractivity contribution is 7.17. The Kier molecular flexibility index (Phi) is 4.81. The molecule has 0 bridgehead atoms. The zero-order chi connectivity index (χ0) is 17.9. The van der Waals surface area contributed by atoms with Gasteiger partial charge in [0.25, 0.3) is 11.8 Å². The maximum atomic E-state index is 12.5. The summed E-state index contributed by atoms with van der Waals surface area (Å²) in [5.74, 6) is 0.0963. The van der Waals surface area contributed by atoms with E-state index < -0.39 is 0 Å². The molecule has 1 fully saturated rings. The van der Waals surface area contributed by atoms with Gasteiger partial charge in [0.15, 0.2) is 0 Å². The summed E-state index contributed by atoms with van der Waals surface area (Å²) in [6, 6.07) is 7.42. The van der Waals surface area contributed by atoms with Gasteiger partial charge in [-0.1, -0.05) is 0 Å². The Balaban J connectivity index is 1.30. The van der Waals surface area contributed by atoms with Crippen LogP contribution in [0.25, 0.3) is 10.6 Å². The molecule has 9 heteroatoms. The normalized spacial score (nSPS) is 18.9. The van der Waals surface area contributed by atoms with Gasteiger partial charge in [-0.3, -0.25) is 14.7 Å². The summed E-state index contributed by atoms with van der Waals surface area (Å²) < 4.78 is 3.93. The summed E-state index contributed by atoms with van der Waals surface area (Å²) >= 11 is 2.62. The van der Waals surface area contributed by atoms with Crippen LogP contribution in [-0.4, -0.2) is 39.0 Å². The summed E-state index contributed by atoms with van der Waals surface area (Å²) in [6.45, 7) is 0.561. The lowest BCUT2D eigenvalue weighted by Gasteiger charge is -2.37. The lowest BCUT2D eigenvalue weighted by atomic mass is 9.79. The van der Waals surface area contributed by atoms with E-state index in [9.17, 15) is 9.59 Å². The van der Waals surface area contributed by atoms with Crippen molar-refractivity contribution in [3.05, 3.63) is 46.4 Å². The Morgan fingerprint density at radius 2 is 2.04 bits per heavy atom. The van der Waals surface area contributed by atoms with E-state index in [2.05, 4.69) is 25.2 Å². The van der Waals surface area contributed by atoms with Crippen molar-refractivity contribution in [2.45, 2.75) is 18.9 Å². The number of H-pyrrole nitrogens is 1. The number of nitrogens with zero attached hydrogens (tertiary/aromatic N) is 2. The fourth-order valence-corrected chi connectivity index (χ4v) is 4.28. The van der Waals surface area contributed by atoms with Crippen LogP contribution >= 0.6 is 22.9 Å². The number of hydrogen-bond donors (Lipinski definition) is 3. The number of aromatic nitrogens is 3. The van der Waals surface area contributed by atoms with Crippen molar-refractivity contribution in [2.24, 2.45) is 5.92 Å². The number of rotatable bonds is 6. The number of carbonyl (C=O) groups is 2. The second-order valence-corrected chi connectivity index (χ2v) is 8.06. The van der Waals surface area contributed by atoms with Gasteiger partial charge in [-0.25, -0.2) is 4.37 Å². The highest BCUT2D eigenvalue weighted by atomic mass is 32.1. The third-order valence-electron chi connectivity index (χ3n) is 4.52. The SMILES string of the molecule is O=C(NC[C@@H]1CC[C@@H]1NC(=O)c1ccc(-c2ccn[nH]2)s1)c1ccns1. The molecule has 0 aliphatic heterocycles. The maximum absolute atomic E-state index is 12.5. The number of carbonyl (C=O) groups excluding carboxylic acids is 2. The van der Waals surface area contributed by atoms with Crippen molar-refractivity contribution < 1.29 is 9.59 Å². The summed E-state index contributed by atoms with van der Waals surface area (Å²) in [5.41, 5.74) is 0.904. The standard InChI is InChI=1S/C17H17N5O2S2/c23-16(15-6-8-20-26-15)18-9-10-1-2-11(10)21-17(24)14-4-3-13(25-14)12-5-7-19-22-12/h3-8,10-11H,1-2,9H2,(H,18,23)(H,19,22)(H,21,24)/t10-,11-/m0/s1. The number of amides is 2. The second-order valence-electron chi connectivity index (χ2n) is 6.14. The molecule has 3 N–H and O–H groups in total. The van der Waals surface area contributed by atoms with Crippen LogP contribution < -0.4 is 10.6 Å². The van der Waals surface area contributed by atoms with E-state index >= 15 is 0 Å². The van der Waals surface area contributed by atoms with Gasteiger partial charge < -0.3 is 10.6 Å². The van der Waals surface area contributed by atoms with Crippen LogP contribution in [0.3, 0.4) is 0 Å². The van der Waals surface area contributed by atoms with Gasteiger partial charge >= 0.3 is 0 Å². The molecule has 0 spiro atoms. The van der Waals surface area contributed by atoms with E-state index in [0.717, 1.165) is 23.4 Å². The van der Waals surface area contributed by atoms with Crippen LogP contribution in [0, 0.1) is 5.92 Å². The van der Waals surface area contributed by atoms with Gasteiger partial charge in [-0.15, -0.1) is 11.3 Å². The fourth-order valence-electron chi connectivity index (χ4n) is 2.88. The van der Waals surface area contributed by atoms with Crippen molar-refractivity contribution >= 4 is 34.7 Å². The zero-order valence-electron chi connectivity index (χ0n) is 13.8. The minimum absolute atomic E-state index is 0.0655. The molecule has 4 rings (SSSR count). The Bertz CT molecular complexity index is 888. The van der Waals surface area contributed by atoms with Crippen molar-refractivity contribution in [3.8, 4) is 10.6 Å². The molecule has 0 saturated heterocycles. The molecule has 2 amide bonds. The molecule has 2 atom stereocenters.